The number of benzene rings is 2. The van der Waals surface area contributed by atoms with Crippen LogP contribution in [0.25, 0.3) is 11.1 Å². The Labute approximate surface area is 318 Å². The number of hydrogen-bond donors (Lipinski definition) is 6. The minimum absolute atomic E-state index is 0.0892. The lowest BCUT2D eigenvalue weighted by atomic mass is 9.92. The first-order valence-electron chi connectivity index (χ1n) is 19.2. The van der Waals surface area contributed by atoms with Gasteiger partial charge in [-0.25, -0.2) is 8.42 Å². The molecule has 6 N–H and O–H groups in total. The molecule has 3 aromatic rings. The summed E-state index contributed by atoms with van der Waals surface area (Å²) in [5, 5.41) is 54.1. The maximum absolute atomic E-state index is 13.5. The molecule has 2 aliphatic carbocycles. The number of para-hydroxylation sites is 1. The van der Waals surface area contributed by atoms with Crippen LogP contribution < -0.4 is 10.1 Å². The fourth-order valence-electron chi connectivity index (χ4n) is 7.52. The molecule has 1 saturated heterocycles. The van der Waals surface area contributed by atoms with Crippen molar-refractivity contribution in [2.75, 3.05) is 24.7 Å². The molecule has 2 heterocycles. The van der Waals surface area contributed by atoms with Crippen LogP contribution in [0.5, 0.6) is 5.75 Å². The molecule has 54 heavy (non-hydrogen) atoms. The van der Waals surface area contributed by atoms with Crippen molar-refractivity contribution in [3.63, 3.8) is 0 Å². The molecule has 1 unspecified atom stereocenters. The van der Waals surface area contributed by atoms with Gasteiger partial charge in [0.05, 0.1) is 24.2 Å². The molecular formula is C41H55N3O9S. The Morgan fingerprint density at radius 2 is 1.72 bits per heavy atom. The minimum atomic E-state index is -3.23. The van der Waals surface area contributed by atoms with E-state index in [2.05, 4.69) is 54.5 Å². The minimum Gasteiger partial charge on any atom is -0.490 e. The Balaban J connectivity index is 1.11. The molecule has 294 valence electrons. The van der Waals surface area contributed by atoms with Crippen LogP contribution in [0.15, 0.2) is 60.9 Å². The SMILES string of the molecule is Cc1ccc(C(C)CCCN(C(=O)[C@@H](O)[C@@H](O)[C@H](O)[C@@H](O)CO)C2CCS(=O)(=O)CC2)cc1CNC1(c2cnccc2-c2ccccc2OC2CC2)CC1. The normalized spacial score (nSPS) is 20.7. The number of nitrogens with one attached hydrogen (secondary N) is 1. The summed E-state index contributed by atoms with van der Waals surface area (Å²) in [5.74, 6) is -0.00228. The predicted octanol–water partition coefficient (Wildman–Crippen LogP) is 3.10. The molecule has 0 bridgehead atoms. The van der Waals surface area contributed by atoms with Crippen molar-refractivity contribution in [2.24, 2.45) is 0 Å². The van der Waals surface area contributed by atoms with Gasteiger partial charge >= 0.3 is 0 Å². The van der Waals surface area contributed by atoms with Crippen LogP contribution in [-0.2, 0) is 26.7 Å². The summed E-state index contributed by atoms with van der Waals surface area (Å²) in [6, 6.07) is 16.3. The molecule has 3 fully saturated rings. The van der Waals surface area contributed by atoms with Crippen LogP contribution in [0, 0.1) is 6.92 Å². The van der Waals surface area contributed by atoms with Gasteiger partial charge in [-0.1, -0.05) is 43.3 Å². The van der Waals surface area contributed by atoms with Gasteiger partial charge in [-0.05, 0) is 104 Å². The molecule has 1 aliphatic heterocycles. The molecule has 1 aromatic heterocycles. The van der Waals surface area contributed by atoms with Crippen LogP contribution in [0.4, 0.5) is 0 Å². The topological polar surface area (TPSA) is 190 Å². The number of sulfone groups is 1. The van der Waals surface area contributed by atoms with E-state index in [1.165, 1.54) is 21.6 Å². The summed E-state index contributed by atoms with van der Waals surface area (Å²) < 4.78 is 30.6. The molecule has 1 amide bonds. The molecule has 0 spiro atoms. The smallest absolute Gasteiger partial charge is 0.254 e. The molecule has 0 radical (unpaired) electrons. The Morgan fingerprint density at radius 3 is 2.41 bits per heavy atom. The Morgan fingerprint density at radius 1 is 1.00 bits per heavy atom. The molecule has 2 saturated carbocycles. The Kier molecular flexibility index (Phi) is 12.8. The highest BCUT2D eigenvalue weighted by atomic mass is 32.2. The summed E-state index contributed by atoms with van der Waals surface area (Å²) in [6.45, 7) is 4.25. The van der Waals surface area contributed by atoms with Crippen molar-refractivity contribution in [3.05, 3.63) is 83.2 Å². The van der Waals surface area contributed by atoms with E-state index >= 15 is 0 Å². The van der Waals surface area contributed by atoms with E-state index in [0.717, 1.165) is 48.1 Å². The zero-order valence-corrected chi connectivity index (χ0v) is 32.0. The third-order valence-corrected chi connectivity index (χ3v) is 13.1. The number of aliphatic hydroxyl groups excluding tert-OH is 5. The predicted molar refractivity (Wildman–Crippen MR) is 204 cm³/mol. The van der Waals surface area contributed by atoms with Gasteiger partial charge in [0.25, 0.3) is 5.91 Å². The number of aromatic nitrogens is 1. The molecule has 2 aromatic carbocycles. The summed E-state index contributed by atoms with van der Waals surface area (Å²) in [7, 11) is -3.23. The number of rotatable bonds is 18. The highest BCUT2D eigenvalue weighted by Gasteiger charge is 2.46. The van der Waals surface area contributed by atoms with Gasteiger partial charge in [0.2, 0.25) is 0 Å². The maximum Gasteiger partial charge on any atom is 0.254 e. The monoisotopic (exact) mass is 765 g/mol. The number of nitrogens with zero attached hydrogens (tertiary/aromatic N) is 2. The molecule has 6 rings (SSSR count). The van der Waals surface area contributed by atoms with Gasteiger partial charge in [-0.3, -0.25) is 9.78 Å². The van der Waals surface area contributed by atoms with Crippen LogP contribution in [0.3, 0.4) is 0 Å². The first-order valence-corrected chi connectivity index (χ1v) is 21.0. The second kappa shape index (κ2) is 17.2. The Bertz CT molecular complexity index is 1850. The zero-order valence-electron chi connectivity index (χ0n) is 31.2. The molecule has 5 atom stereocenters. The third-order valence-electron chi connectivity index (χ3n) is 11.4. The lowest BCUT2D eigenvalue weighted by molar-refractivity contribution is -0.160. The number of carbonyl (C=O) groups is 1. The first-order chi connectivity index (χ1) is 25.8. The van der Waals surface area contributed by atoms with E-state index in [4.69, 9.17) is 9.84 Å². The standard InChI is InChI=1S/C41H55N3O9S/c1-26(6-5-19-44(30-14-20-54(51,52)21-15-30)40(50)39(49)38(48)37(47)35(46)25-45)28-10-9-27(2)29(22-28)23-43-41(16-17-41)34-24-42-18-13-32(34)33-7-3-4-8-36(33)53-31-11-12-31/h3-4,7-10,13,18,22,24,26,30-31,35,37-39,43,45-49H,5-6,11-12,14-17,19-21,23,25H2,1-2H3/t26?,35-,37+,38-,39-/m0/s1. The number of ether oxygens (including phenoxy) is 1. The van der Waals surface area contributed by atoms with Gasteiger partial charge < -0.3 is 40.5 Å². The van der Waals surface area contributed by atoms with Crippen molar-refractivity contribution in [1.82, 2.24) is 15.2 Å². The number of hydrogen-bond acceptors (Lipinski definition) is 11. The van der Waals surface area contributed by atoms with E-state index in [9.17, 15) is 33.6 Å². The fourth-order valence-corrected chi connectivity index (χ4v) is 8.99. The van der Waals surface area contributed by atoms with Gasteiger partial charge in [0.15, 0.2) is 6.10 Å². The third kappa shape index (κ3) is 9.50. The second-order valence-electron chi connectivity index (χ2n) is 15.5. The number of amides is 1. The van der Waals surface area contributed by atoms with Crippen LogP contribution in [-0.4, -0.2) is 111 Å². The number of aryl methyl sites for hydroxylation is 1. The quantitative estimate of drug-likeness (QED) is 0.112. The second-order valence-corrected chi connectivity index (χ2v) is 17.8. The number of pyridine rings is 1. The maximum atomic E-state index is 13.5. The van der Waals surface area contributed by atoms with E-state index in [1.807, 2.05) is 30.6 Å². The van der Waals surface area contributed by atoms with Crippen molar-refractivity contribution in [3.8, 4) is 16.9 Å². The van der Waals surface area contributed by atoms with Crippen LogP contribution in [0.1, 0.15) is 86.5 Å². The first kappa shape index (κ1) is 40.2. The van der Waals surface area contributed by atoms with Crippen LogP contribution in [0.2, 0.25) is 0 Å². The highest BCUT2D eigenvalue weighted by Crippen LogP contribution is 2.50. The number of aliphatic hydroxyl groups is 5. The summed E-state index contributed by atoms with van der Waals surface area (Å²) >= 11 is 0. The Hall–Kier alpha value is -3.43. The average molecular weight is 766 g/mol. The van der Waals surface area contributed by atoms with Crippen molar-refractivity contribution >= 4 is 15.7 Å². The van der Waals surface area contributed by atoms with E-state index in [-0.39, 0.29) is 42.3 Å². The molecule has 3 aliphatic rings. The van der Waals surface area contributed by atoms with E-state index < -0.39 is 52.8 Å². The lowest BCUT2D eigenvalue weighted by Crippen LogP contribution is -2.55. The summed E-state index contributed by atoms with van der Waals surface area (Å²) in [5.41, 5.74) is 6.71. The van der Waals surface area contributed by atoms with Crippen molar-refractivity contribution in [2.45, 2.75) is 120 Å². The lowest BCUT2D eigenvalue weighted by Gasteiger charge is -2.37. The van der Waals surface area contributed by atoms with Gasteiger partial charge in [-0.2, -0.15) is 0 Å². The number of carbonyl (C=O) groups excluding carboxylic acids is 1. The molecular weight excluding hydrogens is 711 g/mol. The van der Waals surface area contributed by atoms with Crippen LogP contribution >= 0.6 is 0 Å². The molecule has 13 heteroatoms. The van der Waals surface area contributed by atoms with E-state index in [0.29, 0.717) is 25.5 Å². The summed E-state index contributed by atoms with van der Waals surface area (Å²) in [4.78, 5) is 19.4. The largest absolute Gasteiger partial charge is 0.490 e. The zero-order chi connectivity index (χ0) is 38.6. The molecule has 12 nitrogen and oxygen atoms in total. The summed E-state index contributed by atoms with van der Waals surface area (Å²) in [6.07, 6.45) is 2.14. The van der Waals surface area contributed by atoms with Crippen molar-refractivity contribution < 1.29 is 43.5 Å². The van der Waals surface area contributed by atoms with Gasteiger partial charge in [0.1, 0.15) is 33.9 Å². The van der Waals surface area contributed by atoms with Gasteiger partial charge in [0, 0.05) is 42.6 Å². The van der Waals surface area contributed by atoms with Crippen molar-refractivity contribution in [1.29, 1.82) is 0 Å². The van der Waals surface area contributed by atoms with E-state index in [1.54, 1.807) is 0 Å². The fraction of sp³-hybridized carbons (Fsp3) is 0.561. The average Bonchev–Trinajstić information content (AvgIpc) is 4.13. The highest BCUT2D eigenvalue weighted by molar-refractivity contribution is 7.91. The van der Waals surface area contributed by atoms with Gasteiger partial charge in [-0.15, -0.1) is 0 Å².